The SMILES string of the molecule is Cc1nnc(C2(C)CN(C(=O)C#CC(C)C)C2)o1. The molecule has 0 spiro atoms. The molecule has 1 aliphatic rings. The topological polar surface area (TPSA) is 59.2 Å². The number of hydrogen-bond donors (Lipinski definition) is 0. The van der Waals surface area contributed by atoms with Gasteiger partial charge in [0.25, 0.3) is 5.91 Å². The van der Waals surface area contributed by atoms with Crippen LogP contribution in [0.15, 0.2) is 4.42 Å². The van der Waals surface area contributed by atoms with E-state index < -0.39 is 0 Å². The second-order valence-corrected chi connectivity index (χ2v) is 5.27. The van der Waals surface area contributed by atoms with Crippen LogP contribution in [-0.2, 0) is 10.2 Å². The fraction of sp³-hybridized carbons (Fsp3) is 0.615. The van der Waals surface area contributed by atoms with Gasteiger partial charge in [-0.05, 0) is 12.8 Å². The van der Waals surface area contributed by atoms with Gasteiger partial charge in [0, 0.05) is 25.9 Å². The Bertz CT molecular complexity index is 516. The minimum Gasteiger partial charge on any atom is -0.425 e. The van der Waals surface area contributed by atoms with Crippen LogP contribution in [0.1, 0.15) is 32.6 Å². The highest BCUT2D eigenvalue weighted by Crippen LogP contribution is 2.32. The molecule has 0 unspecified atom stereocenters. The molecule has 0 N–H and O–H groups in total. The van der Waals surface area contributed by atoms with E-state index in [1.807, 2.05) is 20.8 Å². The fourth-order valence-electron chi connectivity index (χ4n) is 1.90. The summed E-state index contributed by atoms with van der Waals surface area (Å²) in [7, 11) is 0. The van der Waals surface area contributed by atoms with Gasteiger partial charge in [0.2, 0.25) is 11.8 Å². The van der Waals surface area contributed by atoms with Crippen molar-refractivity contribution in [2.24, 2.45) is 5.92 Å². The van der Waals surface area contributed by atoms with Crippen molar-refractivity contribution in [3.8, 4) is 11.8 Å². The minimum atomic E-state index is -0.226. The van der Waals surface area contributed by atoms with Gasteiger partial charge in [-0.1, -0.05) is 19.8 Å². The number of likely N-dealkylation sites (tertiary alicyclic amines) is 1. The van der Waals surface area contributed by atoms with E-state index in [0.29, 0.717) is 24.9 Å². The molecular formula is C13H17N3O2. The molecule has 1 aromatic heterocycles. The first-order valence-corrected chi connectivity index (χ1v) is 6.02. The second kappa shape index (κ2) is 4.45. The third-order valence-corrected chi connectivity index (χ3v) is 2.88. The second-order valence-electron chi connectivity index (χ2n) is 5.27. The van der Waals surface area contributed by atoms with E-state index >= 15 is 0 Å². The lowest BCUT2D eigenvalue weighted by atomic mass is 9.82. The smallest absolute Gasteiger partial charge is 0.298 e. The summed E-state index contributed by atoms with van der Waals surface area (Å²) in [6, 6.07) is 0. The Morgan fingerprint density at radius 3 is 2.61 bits per heavy atom. The zero-order valence-corrected chi connectivity index (χ0v) is 11.1. The lowest BCUT2D eigenvalue weighted by Gasteiger charge is -2.44. The van der Waals surface area contributed by atoms with E-state index in [-0.39, 0.29) is 17.2 Å². The van der Waals surface area contributed by atoms with Crippen LogP contribution in [0.25, 0.3) is 0 Å². The number of rotatable bonds is 1. The van der Waals surface area contributed by atoms with E-state index in [1.165, 1.54) is 0 Å². The van der Waals surface area contributed by atoms with E-state index in [4.69, 9.17) is 4.42 Å². The Labute approximate surface area is 107 Å². The third-order valence-electron chi connectivity index (χ3n) is 2.88. The molecule has 1 saturated heterocycles. The van der Waals surface area contributed by atoms with E-state index in [9.17, 15) is 4.79 Å². The lowest BCUT2D eigenvalue weighted by Crippen LogP contribution is -2.59. The lowest BCUT2D eigenvalue weighted by molar-refractivity contribution is -0.132. The molecule has 96 valence electrons. The normalized spacial score (nSPS) is 17.1. The predicted octanol–water partition coefficient (Wildman–Crippen LogP) is 1.14. The Morgan fingerprint density at radius 1 is 1.44 bits per heavy atom. The Kier molecular flexibility index (Phi) is 3.12. The highest BCUT2D eigenvalue weighted by atomic mass is 16.4. The largest absolute Gasteiger partial charge is 0.425 e. The summed E-state index contributed by atoms with van der Waals surface area (Å²) in [4.78, 5) is 13.4. The van der Waals surface area contributed by atoms with Crippen molar-refractivity contribution in [1.29, 1.82) is 0 Å². The molecule has 0 aromatic carbocycles. The van der Waals surface area contributed by atoms with Crippen LogP contribution in [0.3, 0.4) is 0 Å². The molecule has 18 heavy (non-hydrogen) atoms. The molecule has 0 aliphatic carbocycles. The van der Waals surface area contributed by atoms with Gasteiger partial charge in [-0.2, -0.15) is 0 Å². The molecule has 0 saturated carbocycles. The number of carbonyl (C=O) groups is 1. The predicted molar refractivity (Wildman–Crippen MR) is 65.6 cm³/mol. The standard InChI is InChI=1S/C13H17N3O2/c1-9(2)5-6-11(17)16-7-13(4,8-16)12-15-14-10(3)18-12/h9H,7-8H2,1-4H3. The summed E-state index contributed by atoms with van der Waals surface area (Å²) >= 11 is 0. The number of nitrogens with zero attached hydrogens (tertiary/aromatic N) is 3. The average molecular weight is 247 g/mol. The van der Waals surface area contributed by atoms with Crippen LogP contribution in [-0.4, -0.2) is 34.1 Å². The Balaban J connectivity index is 1.98. The summed E-state index contributed by atoms with van der Waals surface area (Å²) in [5.41, 5.74) is -0.226. The van der Waals surface area contributed by atoms with Gasteiger partial charge in [0.1, 0.15) is 0 Å². The number of hydrogen-bond acceptors (Lipinski definition) is 4. The van der Waals surface area contributed by atoms with Crippen LogP contribution >= 0.6 is 0 Å². The highest BCUT2D eigenvalue weighted by Gasteiger charge is 2.46. The first-order chi connectivity index (χ1) is 8.40. The number of carbonyl (C=O) groups excluding carboxylic acids is 1. The van der Waals surface area contributed by atoms with Crippen LogP contribution in [0, 0.1) is 24.7 Å². The van der Waals surface area contributed by atoms with Crippen molar-refractivity contribution in [2.45, 2.75) is 33.1 Å². The van der Waals surface area contributed by atoms with E-state index in [2.05, 4.69) is 22.0 Å². The highest BCUT2D eigenvalue weighted by molar-refractivity contribution is 5.94. The van der Waals surface area contributed by atoms with Gasteiger partial charge in [-0.15, -0.1) is 10.2 Å². The molecule has 5 heteroatoms. The molecule has 5 nitrogen and oxygen atoms in total. The van der Waals surface area contributed by atoms with Gasteiger partial charge >= 0.3 is 0 Å². The molecule has 0 atom stereocenters. The molecule has 2 heterocycles. The van der Waals surface area contributed by atoms with Crippen molar-refractivity contribution in [2.75, 3.05) is 13.1 Å². The molecule has 0 bridgehead atoms. The Hall–Kier alpha value is -1.83. The summed E-state index contributed by atoms with van der Waals surface area (Å²) in [6.07, 6.45) is 0. The molecule has 1 aliphatic heterocycles. The van der Waals surface area contributed by atoms with Crippen LogP contribution < -0.4 is 0 Å². The number of aryl methyl sites for hydroxylation is 1. The molecule has 1 aromatic rings. The molecule has 0 radical (unpaired) electrons. The maximum absolute atomic E-state index is 11.7. The number of aromatic nitrogens is 2. The quantitative estimate of drug-likeness (QED) is 0.698. The van der Waals surface area contributed by atoms with Gasteiger partial charge in [0.05, 0.1) is 5.41 Å². The fourth-order valence-corrected chi connectivity index (χ4v) is 1.90. The van der Waals surface area contributed by atoms with Crippen molar-refractivity contribution < 1.29 is 9.21 Å². The Morgan fingerprint density at radius 2 is 2.11 bits per heavy atom. The molecular weight excluding hydrogens is 230 g/mol. The van der Waals surface area contributed by atoms with E-state index in [0.717, 1.165) is 0 Å². The third kappa shape index (κ3) is 2.37. The maximum atomic E-state index is 11.7. The first-order valence-electron chi connectivity index (χ1n) is 6.02. The first kappa shape index (κ1) is 12.6. The monoisotopic (exact) mass is 247 g/mol. The van der Waals surface area contributed by atoms with Crippen LogP contribution in [0.5, 0.6) is 0 Å². The van der Waals surface area contributed by atoms with Gasteiger partial charge in [0.15, 0.2) is 0 Å². The van der Waals surface area contributed by atoms with Crippen molar-refractivity contribution in [3.63, 3.8) is 0 Å². The van der Waals surface area contributed by atoms with E-state index in [1.54, 1.807) is 11.8 Å². The zero-order valence-electron chi connectivity index (χ0n) is 11.1. The average Bonchev–Trinajstić information content (AvgIpc) is 2.68. The summed E-state index contributed by atoms with van der Waals surface area (Å²) in [5.74, 6) is 6.75. The van der Waals surface area contributed by atoms with Crippen molar-refractivity contribution in [1.82, 2.24) is 15.1 Å². The summed E-state index contributed by atoms with van der Waals surface area (Å²) in [5, 5.41) is 7.83. The minimum absolute atomic E-state index is 0.127. The maximum Gasteiger partial charge on any atom is 0.298 e. The van der Waals surface area contributed by atoms with Gasteiger partial charge in [-0.25, -0.2) is 0 Å². The summed E-state index contributed by atoms with van der Waals surface area (Å²) < 4.78 is 5.42. The molecule has 1 fully saturated rings. The molecule has 1 amide bonds. The number of amides is 1. The zero-order chi connectivity index (χ0) is 13.3. The van der Waals surface area contributed by atoms with Gasteiger partial charge in [-0.3, -0.25) is 4.79 Å². The van der Waals surface area contributed by atoms with Gasteiger partial charge < -0.3 is 9.32 Å². The summed E-state index contributed by atoms with van der Waals surface area (Å²) in [6.45, 7) is 8.86. The molecule has 2 rings (SSSR count). The van der Waals surface area contributed by atoms with Crippen molar-refractivity contribution in [3.05, 3.63) is 11.8 Å². The van der Waals surface area contributed by atoms with Crippen LogP contribution in [0.2, 0.25) is 0 Å². The van der Waals surface area contributed by atoms with Crippen LogP contribution in [0.4, 0.5) is 0 Å². The van der Waals surface area contributed by atoms with Crippen molar-refractivity contribution >= 4 is 5.91 Å².